The SMILES string of the molecule is CCC(C)(CC)C(C)c1cc(-c2[c-]cccc2)ncc1[Si](C)(C)C.[Ir].[c-]1ccc2c(oc3ccccc32)c1-c1nc2ccccc2n1-c1ccccc1. The monoisotopic (exact) mass is 890 g/mol. The van der Waals surface area contributed by atoms with Crippen LogP contribution in [0.2, 0.25) is 19.6 Å². The third-order valence-corrected chi connectivity index (χ3v) is 13.0. The van der Waals surface area contributed by atoms with Gasteiger partial charge in [-0.15, -0.1) is 54.1 Å². The van der Waals surface area contributed by atoms with Crippen LogP contribution in [0.25, 0.3) is 61.3 Å². The summed E-state index contributed by atoms with van der Waals surface area (Å²) < 4.78 is 8.41. The Morgan fingerprint density at radius 3 is 2.21 bits per heavy atom. The van der Waals surface area contributed by atoms with Gasteiger partial charge in [-0.05, 0) is 52.5 Å². The Morgan fingerprint density at radius 1 is 0.792 bits per heavy atom. The third-order valence-electron chi connectivity index (χ3n) is 11.0. The first-order valence-electron chi connectivity index (χ1n) is 18.5. The second-order valence-electron chi connectivity index (χ2n) is 15.1. The van der Waals surface area contributed by atoms with Crippen LogP contribution in [0.3, 0.4) is 0 Å². The molecule has 1 unspecified atom stereocenters. The molecule has 0 amide bonds. The molecule has 0 N–H and O–H groups in total. The van der Waals surface area contributed by atoms with Crippen LogP contribution < -0.4 is 5.19 Å². The van der Waals surface area contributed by atoms with Crippen LogP contribution in [0, 0.1) is 17.5 Å². The van der Waals surface area contributed by atoms with Gasteiger partial charge in [0.15, 0.2) is 0 Å². The molecule has 53 heavy (non-hydrogen) atoms. The largest absolute Gasteiger partial charge is 0.501 e. The molecule has 0 bridgehead atoms. The fraction of sp³-hybridized carbons (Fsp3) is 0.234. The van der Waals surface area contributed by atoms with E-state index in [9.17, 15) is 0 Å². The average Bonchev–Trinajstić information content (AvgIpc) is 3.77. The number of rotatable bonds is 8. The molecule has 3 aromatic heterocycles. The summed E-state index contributed by atoms with van der Waals surface area (Å²) >= 11 is 0. The maximum absolute atomic E-state index is 6.24. The molecule has 0 saturated carbocycles. The van der Waals surface area contributed by atoms with Crippen molar-refractivity contribution in [2.75, 3.05) is 0 Å². The molecule has 0 fully saturated rings. The quantitative estimate of drug-likeness (QED) is 0.113. The molecule has 0 saturated heterocycles. The van der Waals surface area contributed by atoms with Gasteiger partial charge in [-0.2, -0.15) is 0 Å². The second kappa shape index (κ2) is 15.8. The molecule has 5 aromatic carbocycles. The maximum atomic E-state index is 6.24. The molecule has 0 spiro atoms. The number of furan rings is 1. The van der Waals surface area contributed by atoms with Gasteiger partial charge in [-0.1, -0.05) is 131 Å². The van der Waals surface area contributed by atoms with E-state index in [4.69, 9.17) is 14.4 Å². The number of hydrogen-bond acceptors (Lipinski definition) is 3. The normalized spacial score (nSPS) is 12.4. The van der Waals surface area contributed by atoms with Crippen molar-refractivity contribution < 1.29 is 24.5 Å². The van der Waals surface area contributed by atoms with Crippen molar-refractivity contribution in [3.8, 4) is 28.3 Å². The fourth-order valence-corrected chi connectivity index (χ4v) is 8.89. The summed E-state index contributed by atoms with van der Waals surface area (Å²) in [6.07, 6.45) is 4.55. The van der Waals surface area contributed by atoms with Crippen molar-refractivity contribution in [2.24, 2.45) is 5.41 Å². The van der Waals surface area contributed by atoms with Crippen LogP contribution in [0.5, 0.6) is 0 Å². The van der Waals surface area contributed by atoms with Crippen molar-refractivity contribution >= 4 is 46.2 Å². The molecule has 0 aliphatic carbocycles. The van der Waals surface area contributed by atoms with Gasteiger partial charge in [-0.3, -0.25) is 4.98 Å². The molecule has 1 radical (unpaired) electrons. The Balaban J connectivity index is 0.000000181. The number of pyridine rings is 1. The molecule has 6 heteroatoms. The standard InChI is InChI=1S/C25H15N2O.C22H32NSi.Ir/c1-2-9-17(10-3-1)27-22-15-6-5-14-21(22)26-25(27)20-13-8-12-19-18-11-4-7-16-23(18)28-24(19)20;1-8-22(4,9-2)17(3)19-15-20(18-13-11-10-12-14-18)23-16-21(19)24(5,6)7;/h1-12,14-16H;10-13,15-17H,8-9H2,1-7H3;/q2*-1;. The van der Waals surface area contributed by atoms with Crippen molar-refractivity contribution in [3.05, 3.63) is 145 Å². The molecule has 8 aromatic rings. The van der Waals surface area contributed by atoms with E-state index in [0.29, 0.717) is 11.3 Å². The first kappa shape index (κ1) is 38.1. The predicted octanol–water partition coefficient (Wildman–Crippen LogP) is 12.4. The molecular formula is C47H47IrN3OSi-2. The Morgan fingerprint density at radius 2 is 1.49 bits per heavy atom. The van der Waals surface area contributed by atoms with Crippen molar-refractivity contribution in [2.45, 2.75) is 66.1 Å². The number of fused-ring (bicyclic) bond motifs is 4. The molecule has 8 rings (SSSR count). The van der Waals surface area contributed by atoms with Crippen molar-refractivity contribution in [1.82, 2.24) is 14.5 Å². The zero-order valence-electron chi connectivity index (χ0n) is 31.7. The molecule has 0 aliphatic rings. The van der Waals surface area contributed by atoms with Crippen LogP contribution in [-0.4, -0.2) is 22.6 Å². The van der Waals surface area contributed by atoms with Gasteiger partial charge in [0.05, 0.1) is 30.5 Å². The van der Waals surface area contributed by atoms with Crippen LogP contribution >= 0.6 is 0 Å². The summed E-state index contributed by atoms with van der Waals surface area (Å²) in [6.45, 7) is 16.7. The number of aromatic nitrogens is 3. The van der Waals surface area contributed by atoms with Crippen molar-refractivity contribution in [1.29, 1.82) is 0 Å². The van der Waals surface area contributed by atoms with Crippen molar-refractivity contribution in [3.63, 3.8) is 0 Å². The fourth-order valence-electron chi connectivity index (χ4n) is 7.28. The summed E-state index contributed by atoms with van der Waals surface area (Å²) in [7, 11) is -1.44. The second-order valence-corrected chi connectivity index (χ2v) is 20.1. The van der Waals surface area contributed by atoms with Gasteiger partial charge in [0.1, 0.15) is 5.58 Å². The Hall–Kier alpha value is -4.61. The van der Waals surface area contributed by atoms with Gasteiger partial charge >= 0.3 is 0 Å². The number of hydrogen-bond donors (Lipinski definition) is 0. The van der Waals surface area contributed by atoms with E-state index in [1.54, 1.807) is 0 Å². The van der Waals surface area contributed by atoms with Crippen LogP contribution in [0.15, 0.2) is 132 Å². The number of nitrogens with zero attached hydrogens (tertiary/aromatic N) is 3. The smallest absolute Gasteiger partial charge is 0.120 e. The minimum atomic E-state index is -1.44. The van der Waals surface area contributed by atoms with Gasteiger partial charge in [-0.25, -0.2) is 0 Å². The van der Waals surface area contributed by atoms with Gasteiger partial charge in [0.2, 0.25) is 0 Å². The molecule has 4 nitrogen and oxygen atoms in total. The van der Waals surface area contributed by atoms with E-state index in [2.05, 4.69) is 119 Å². The zero-order chi connectivity index (χ0) is 36.5. The Kier molecular flexibility index (Phi) is 11.3. The van der Waals surface area contributed by atoms with E-state index in [-0.39, 0.29) is 20.1 Å². The zero-order valence-corrected chi connectivity index (χ0v) is 35.1. The molecule has 1 atom stereocenters. The van der Waals surface area contributed by atoms with Gasteiger partial charge in [0.25, 0.3) is 0 Å². The van der Waals surface area contributed by atoms with Gasteiger partial charge < -0.3 is 14.0 Å². The number of benzene rings is 5. The van der Waals surface area contributed by atoms with E-state index in [1.807, 2.05) is 72.8 Å². The van der Waals surface area contributed by atoms with Gasteiger partial charge in [0, 0.05) is 37.4 Å². The summed E-state index contributed by atoms with van der Waals surface area (Å²) in [6, 6.07) is 47.8. The molecule has 271 valence electrons. The van der Waals surface area contributed by atoms with Crippen LogP contribution in [0.4, 0.5) is 0 Å². The summed E-state index contributed by atoms with van der Waals surface area (Å²) in [5.74, 6) is 1.36. The molecular weight excluding hydrogens is 843 g/mol. The predicted molar refractivity (Wildman–Crippen MR) is 221 cm³/mol. The van der Waals surface area contributed by atoms with E-state index in [1.165, 1.54) is 23.6 Å². The summed E-state index contributed by atoms with van der Waals surface area (Å²) in [4.78, 5) is 9.75. The Bertz CT molecular complexity index is 2460. The minimum Gasteiger partial charge on any atom is -0.501 e. The Labute approximate surface area is 328 Å². The molecule has 0 aliphatic heterocycles. The third kappa shape index (κ3) is 7.46. The topological polar surface area (TPSA) is 43.9 Å². The first-order chi connectivity index (χ1) is 25.1. The number of para-hydroxylation sites is 4. The van der Waals surface area contributed by atoms with E-state index >= 15 is 0 Å². The van der Waals surface area contributed by atoms with E-state index < -0.39 is 8.07 Å². The molecule has 3 heterocycles. The van der Waals surface area contributed by atoms with E-state index in [0.717, 1.165) is 61.3 Å². The van der Waals surface area contributed by atoms with Crippen LogP contribution in [0.1, 0.15) is 52.0 Å². The minimum absolute atomic E-state index is 0. The average molecular weight is 890 g/mol. The summed E-state index contributed by atoms with van der Waals surface area (Å²) in [5, 5.41) is 3.69. The number of imidazole rings is 1. The first-order valence-corrected chi connectivity index (χ1v) is 22.0. The summed E-state index contributed by atoms with van der Waals surface area (Å²) in [5.41, 5.74) is 9.60. The maximum Gasteiger partial charge on any atom is 0.120 e. The van der Waals surface area contributed by atoms with Crippen LogP contribution in [-0.2, 0) is 20.1 Å².